The van der Waals surface area contributed by atoms with Gasteiger partial charge < -0.3 is 14.5 Å². The first-order valence-electron chi connectivity index (χ1n) is 14.1. The maximum Gasteiger partial charge on any atom is 0.227 e. The van der Waals surface area contributed by atoms with Crippen molar-refractivity contribution in [3.63, 3.8) is 0 Å². The van der Waals surface area contributed by atoms with E-state index in [1.165, 1.54) is 16.3 Å². The molecule has 200 valence electrons. The number of anilines is 2. The minimum atomic E-state index is 0.185. The fourth-order valence-electron chi connectivity index (χ4n) is 5.96. The average Bonchev–Trinajstić information content (AvgIpc) is 3.00. The van der Waals surface area contributed by atoms with Crippen LogP contribution in [0, 0.1) is 0 Å². The van der Waals surface area contributed by atoms with Crippen LogP contribution in [0.1, 0.15) is 24.8 Å². The monoisotopic (exact) mass is 520 g/mol. The van der Waals surface area contributed by atoms with Crippen LogP contribution in [-0.2, 0) is 11.2 Å². The Bertz CT molecular complexity index is 1400. The van der Waals surface area contributed by atoms with Gasteiger partial charge >= 0.3 is 0 Å². The number of aromatic nitrogens is 1. The highest BCUT2D eigenvalue weighted by Gasteiger charge is 2.32. The molecule has 0 spiro atoms. The third-order valence-electron chi connectivity index (χ3n) is 7.97. The molecule has 4 aromatic rings. The molecular formula is C33H36N4O2. The molecule has 0 aliphatic carbocycles. The fraction of sp³-hybridized carbons (Fsp3) is 0.333. The topological polar surface area (TPSA) is 48.9 Å². The van der Waals surface area contributed by atoms with Gasteiger partial charge in [-0.1, -0.05) is 60.7 Å². The summed E-state index contributed by atoms with van der Waals surface area (Å²) in [4.78, 5) is 25.4. The van der Waals surface area contributed by atoms with E-state index in [0.29, 0.717) is 19.4 Å². The van der Waals surface area contributed by atoms with Gasteiger partial charge in [-0.3, -0.25) is 9.69 Å². The number of piperazine rings is 1. The molecule has 6 nitrogen and oxygen atoms in total. The summed E-state index contributed by atoms with van der Waals surface area (Å²) in [6.45, 7) is 5.26. The largest absolute Gasteiger partial charge is 0.494 e. The summed E-state index contributed by atoms with van der Waals surface area (Å²) >= 11 is 0. The number of rotatable bonds is 8. The normalized spacial score (nSPS) is 17.7. The van der Waals surface area contributed by atoms with E-state index in [9.17, 15) is 4.79 Å². The van der Waals surface area contributed by atoms with E-state index in [1.807, 2.05) is 36.5 Å². The third-order valence-corrected chi connectivity index (χ3v) is 7.97. The van der Waals surface area contributed by atoms with Gasteiger partial charge in [-0.25, -0.2) is 4.98 Å². The van der Waals surface area contributed by atoms with Crippen molar-refractivity contribution >= 4 is 28.2 Å². The number of para-hydroxylation sites is 2. The van der Waals surface area contributed by atoms with E-state index in [0.717, 1.165) is 62.8 Å². The molecule has 0 saturated carbocycles. The van der Waals surface area contributed by atoms with Gasteiger partial charge in [-0.15, -0.1) is 0 Å². The number of fused-ring (bicyclic) bond motifs is 2. The van der Waals surface area contributed by atoms with Gasteiger partial charge in [-0.05, 0) is 54.5 Å². The van der Waals surface area contributed by atoms with Gasteiger partial charge in [0.2, 0.25) is 5.91 Å². The molecule has 0 radical (unpaired) electrons. The second-order valence-corrected chi connectivity index (χ2v) is 10.5. The zero-order valence-electron chi connectivity index (χ0n) is 22.4. The lowest BCUT2D eigenvalue weighted by atomic mass is 9.94. The van der Waals surface area contributed by atoms with Crippen molar-refractivity contribution in [2.45, 2.75) is 31.7 Å². The van der Waals surface area contributed by atoms with Crippen LogP contribution < -0.4 is 14.5 Å². The maximum absolute atomic E-state index is 13.6. The molecule has 1 saturated heterocycles. The van der Waals surface area contributed by atoms with Crippen molar-refractivity contribution in [3.05, 3.63) is 96.7 Å². The first kappa shape index (κ1) is 25.4. The lowest BCUT2D eigenvalue weighted by Gasteiger charge is -2.42. The van der Waals surface area contributed by atoms with Crippen LogP contribution in [0.5, 0.6) is 5.75 Å². The summed E-state index contributed by atoms with van der Waals surface area (Å²) in [5.74, 6) is 2.13. The molecule has 0 N–H and O–H groups in total. The summed E-state index contributed by atoms with van der Waals surface area (Å²) in [7, 11) is 0. The zero-order valence-corrected chi connectivity index (χ0v) is 22.4. The van der Waals surface area contributed by atoms with E-state index in [-0.39, 0.29) is 11.9 Å². The van der Waals surface area contributed by atoms with Crippen molar-refractivity contribution in [2.75, 3.05) is 49.1 Å². The Kier molecular flexibility index (Phi) is 7.73. The molecule has 3 aromatic carbocycles. The molecule has 1 aromatic heterocycles. The number of ether oxygens (including phenoxy) is 1. The van der Waals surface area contributed by atoms with Gasteiger partial charge in [0, 0.05) is 62.5 Å². The Hall–Kier alpha value is -3.90. The van der Waals surface area contributed by atoms with Crippen LogP contribution in [0.2, 0.25) is 0 Å². The fourth-order valence-corrected chi connectivity index (χ4v) is 5.96. The molecule has 6 heteroatoms. The van der Waals surface area contributed by atoms with Gasteiger partial charge in [0.1, 0.15) is 11.6 Å². The molecule has 6 rings (SSSR count). The summed E-state index contributed by atoms with van der Waals surface area (Å²) < 4.78 is 5.85. The van der Waals surface area contributed by atoms with Crippen LogP contribution in [0.15, 0.2) is 91.1 Å². The summed E-state index contributed by atoms with van der Waals surface area (Å²) in [5, 5.41) is 2.44. The van der Waals surface area contributed by atoms with E-state index in [1.54, 1.807) is 0 Å². The van der Waals surface area contributed by atoms with Crippen LogP contribution in [0.25, 0.3) is 10.8 Å². The predicted molar refractivity (Wildman–Crippen MR) is 158 cm³/mol. The van der Waals surface area contributed by atoms with Crippen molar-refractivity contribution < 1.29 is 9.53 Å². The van der Waals surface area contributed by atoms with Gasteiger partial charge in [0.25, 0.3) is 0 Å². The Morgan fingerprint density at radius 2 is 1.64 bits per heavy atom. The number of aryl methyl sites for hydroxylation is 1. The summed E-state index contributed by atoms with van der Waals surface area (Å²) in [5.41, 5.74) is 2.36. The molecule has 1 unspecified atom stereocenters. The molecule has 1 atom stereocenters. The molecular weight excluding hydrogens is 484 g/mol. The number of hydrogen-bond acceptors (Lipinski definition) is 5. The Labute approximate surface area is 230 Å². The lowest BCUT2D eigenvalue weighted by Crippen LogP contribution is -2.54. The highest BCUT2D eigenvalue weighted by molar-refractivity contribution is 5.95. The molecule has 1 fully saturated rings. The standard InChI is InChI=1S/C33H36N4O2/c38-32(15-8-24-39-29-11-2-1-3-12-29)37-28(17-16-27-10-5-7-14-31(27)37)25-35-20-22-36(23-21-35)33-30-13-6-4-9-26(30)18-19-34-33/h1-7,9-14,18-19,28H,8,15-17,20-25H2. The maximum atomic E-state index is 13.6. The Morgan fingerprint density at radius 3 is 2.51 bits per heavy atom. The van der Waals surface area contributed by atoms with Gasteiger partial charge in [0.15, 0.2) is 0 Å². The van der Waals surface area contributed by atoms with Crippen molar-refractivity contribution in [3.8, 4) is 5.75 Å². The van der Waals surface area contributed by atoms with Crippen molar-refractivity contribution in [1.29, 1.82) is 0 Å². The first-order valence-corrected chi connectivity index (χ1v) is 14.1. The third kappa shape index (κ3) is 5.76. The van der Waals surface area contributed by atoms with Gasteiger partial charge in [-0.2, -0.15) is 0 Å². The van der Waals surface area contributed by atoms with Crippen LogP contribution in [-0.4, -0.2) is 61.2 Å². The molecule has 1 amide bonds. The van der Waals surface area contributed by atoms with Crippen LogP contribution in [0.3, 0.4) is 0 Å². The second-order valence-electron chi connectivity index (χ2n) is 10.5. The van der Waals surface area contributed by atoms with Crippen molar-refractivity contribution in [1.82, 2.24) is 9.88 Å². The number of benzene rings is 3. The van der Waals surface area contributed by atoms with Crippen LogP contribution in [0.4, 0.5) is 11.5 Å². The lowest BCUT2D eigenvalue weighted by molar-refractivity contribution is -0.119. The second kappa shape index (κ2) is 11.9. The van der Waals surface area contributed by atoms with Gasteiger partial charge in [0.05, 0.1) is 6.61 Å². The molecule has 39 heavy (non-hydrogen) atoms. The molecule has 0 bridgehead atoms. The minimum absolute atomic E-state index is 0.185. The van der Waals surface area contributed by atoms with Crippen LogP contribution >= 0.6 is 0 Å². The highest BCUT2D eigenvalue weighted by Crippen LogP contribution is 2.32. The van der Waals surface area contributed by atoms with E-state index in [2.05, 4.69) is 69.3 Å². The molecule has 2 aliphatic rings. The SMILES string of the molecule is O=C(CCCOc1ccccc1)N1c2ccccc2CCC1CN1CCN(c2nccc3ccccc23)CC1. The molecule has 2 aliphatic heterocycles. The summed E-state index contributed by atoms with van der Waals surface area (Å²) in [6.07, 6.45) is 5.11. The zero-order chi connectivity index (χ0) is 26.4. The quantitative estimate of drug-likeness (QED) is 0.285. The number of amides is 1. The smallest absolute Gasteiger partial charge is 0.227 e. The number of nitrogens with zero attached hydrogens (tertiary/aromatic N) is 4. The molecule has 3 heterocycles. The highest BCUT2D eigenvalue weighted by atomic mass is 16.5. The number of carbonyl (C=O) groups is 1. The number of pyridine rings is 1. The van der Waals surface area contributed by atoms with E-state index >= 15 is 0 Å². The predicted octanol–water partition coefficient (Wildman–Crippen LogP) is 5.56. The Balaban J connectivity index is 1.09. The number of carbonyl (C=O) groups excluding carboxylic acids is 1. The van der Waals surface area contributed by atoms with Crippen molar-refractivity contribution in [2.24, 2.45) is 0 Å². The first-order chi connectivity index (χ1) is 19.3. The minimum Gasteiger partial charge on any atom is -0.494 e. The number of hydrogen-bond donors (Lipinski definition) is 0. The van der Waals surface area contributed by atoms with E-state index < -0.39 is 0 Å². The van der Waals surface area contributed by atoms with E-state index in [4.69, 9.17) is 9.72 Å². The average molecular weight is 521 g/mol. The Morgan fingerprint density at radius 1 is 0.872 bits per heavy atom. The summed E-state index contributed by atoms with van der Waals surface area (Å²) in [6, 6.07) is 29.0.